The van der Waals surface area contributed by atoms with Crippen molar-refractivity contribution in [2.45, 2.75) is 31.8 Å². The standard InChI is InChI=1S/C21H20N4OS2/c1-21(26,14-7-9-27-11-14)12-23-19-17-15-5-2-6-16(15)28-20(17)25-18(24-19)13-4-3-8-22-10-13/h3-4,7-11,26H,2,5-6,12H2,1H3,(H,23,24,25). The van der Waals surface area contributed by atoms with Gasteiger partial charge in [0.2, 0.25) is 0 Å². The molecule has 1 atom stereocenters. The van der Waals surface area contributed by atoms with Crippen LogP contribution in [0.3, 0.4) is 0 Å². The number of hydrogen-bond acceptors (Lipinski definition) is 7. The minimum atomic E-state index is -0.967. The van der Waals surface area contributed by atoms with Crippen LogP contribution in [0, 0.1) is 0 Å². The number of aromatic nitrogens is 3. The van der Waals surface area contributed by atoms with Gasteiger partial charge in [0.1, 0.15) is 16.2 Å². The predicted molar refractivity (Wildman–Crippen MR) is 115 cm³/mol. The summed E-state index contributed by atoms with van der Waals surface area (Å²) in [6, 6.07) is 5.83. The summed E-state index contributed by atoms with van der Waals surface area (Å²) in [6.07, 6.45) is 6.91. The summed E-state index contributed by atoms with van der Waals surface area (Å²) in [5.74, 6) is 1.47. The van der Waals surface area contributed by atoms with E-state index < -0.39 is 5.60 Å². The van der Waals surface area contributed by atoms with Gasteiger partial charge in [0.25, 0.3) is 0 Å². The topological polar surface area (TPSA) is 70.9 Å². The van der Waals surface area contributed by atoms with Crippen LogP contribution in [0.2, 0.25) is 0 Å². The van der Waals surface area contributed by atoms with Crippen LogP contribution in [0.1, 0.15) is 29.3 Å². The van der Waals surface area contributed by atoms with Crippen molar-refractivity contribution < 1.29 is 5.11 Å². The maximum Gasteiger partial charge on any atom is 0.164 e. The molecule has 5 rings (SSSR count). The van der Waals surface area contributed by atoms with Crippen molar-refractivity contribution in [1.29, 1.82) is 0 Å². The van der Waals surface area contributed by atoms with Crippen molar-refractivity contribution in [3.8, 4) is 11.4 Å². The van der Waals surface area contributed by atoms with Gasteiger partial charge < -0.3 is 10.4 Å². The molecule has 0 radical (unpaired) electrons. The van der Waals surface area contributed by atoms with Crippen LogP contribution in [0.25, 0.3) is 21.6 Å². The average Bonchev–Trinajstić information content (AvgIpc) is 3.43. The van der Waals surface area contributed by atoms with Crippen LogP contribution >= 0.6 is 22.7 Å². The zero-order chi connectivity index (χ0) is 19.1. The van der Waals surface area contributed by atoms with E-state index in [9.17, 15) is 5.11 Å². The van der Waals surface area contributed by atoms with E-state index in [-0.39, 0.29) is 0 Å². The van der Waals surface area contributed by atoms with E-state index >= 15 is 0 Å². The highest BCUT2D eigenvalue weighted by atomic mass is 32.1. The second kappa shape index (κ2) is 6.92. The van der Waals surface area contributed by atoms with E-state index in [1.807, 2.05) is 35.9 Å². The maximum absolute atomic E-state index is 10.9. The smallest absolute Gasteiger partial charge is 0.164 e. The summed E-state index contributed by atoms with van der Waals surface area (Å²) >= 11 is 3.36. The number of aryl methyl sites for hydroxylation is 2. The average molecular weight is 409 g/mol. The SMILES string of the molecule is CC(O)(CNc1nc(-c2cccnc2)nc2sc3c(c12)CCC3)c1ccsc1. The lowest BCUT2D eigenvalue weighted by Gasteiger charge is -2.23. The largest absolute Gasteiger partial charge is 0.384 e. The molecule has 4 aromatic heterocycles. The van der Waals surface area contributed by atoms with Crippen molar-refractivity contribution in [1.82, 2.24) is 15.0 Å². The molecule has 0 aromatic carbocycles. The quantitative estimate of drug-likeness (QED) is 0.504. The second-order valence-electron chi connectivity index (χ2n) is 7.31. The van der Waals surface area contributed by atoms with Crippen LogP contribution < -0.4 is 5.32 Å². The van der Waals surface area contributed by atoms with Crippen molar-refractivity contribution >= 4 is 38.7 Å². The highest BCUT2D eigenvalue weighted by molar-refractivity contribution is 7.19. The van der Waals surface area contributed by atoms with Gasteiger partial charge >= 0.3 is 0 Å². The van der Waals surface area contributed by atoms with Crippen molar-refractivity contribution in [2.24, 2.45) is 0 Å². The molecule has 0 aliphatic heterocycles. The molecule has 5 nitrogen and oxygen atoms in total. The van der Waals surface area contributed by atoms with Gasteiger partial charge in [-0.2, -0.15) is 11.3 Å². The fourth-order valence-corrected chi connectivity index (χ4v) is 5.72. The Morgan fingerprint density at radius 3 is 2.96 bits per heavy atom. The summed E-state index contributed by atoms with van der Waals surface area (Å²) in [5.41, 5.74) is 2.21. The predicted octanol–water partition coefficient (Wildman–Crippen LogP) is 4.62. The Morgan fingerprint density at radius 1 is 1.25 bits per heavy atom. The molecule has 142 valence electrons. The number of aliphatic hydroxyl groups is 1. The van der Waals surface area contributed by atoms with Crippen molar-refractivity contribution in [3.63, 3.8) is 0 Å². The molecule has 4 aromatic rings. The Morgan fingerprint density at radius 2 is 2.18 bits per heavy atom. The number of pyridine rings is 1. The Kier molecular flexibility index (Phi) is 4.38. The molecule has 0 fully saturated rings. The highest BCUT2D eigenvalue weighted by Gasteiger charge is 2.26. The van der Waals surface area contributed by atoms with Gasteiger partial charge in [0.05, 0.1) is 5.39 Å². The van der Waals surface area contributed by atoms with E-state index in [4.69, 9.17) is 9.97 Å². The van der Waals surface area contributed by atoms with Gasteiger partial charge in [0.15, 0.2) is 5.82 Å². The first-order valence-corrected chi connectivity index (χ1v) is 11.1. The van der Waals surface area contributed by atoms with Crippen molar-refractivity contribution in [2.75, 3.05) is 11.9 Å². The summed E-state index contributed by atoms with van der Waals surface area (Å²) in [4.78, 5) is 16.3. The summed E-state index contributed by atoms with van der Waals surface area (Å²) in [7, 11) is 0. The molecule has 7 heteroatoms. The van der Waals surface area contributed by atoms with Crippen LogP contribution in [0.4, 0.5) is 5.82 Å². The molecule has 1 aliphatic carbocycles. The van der Waals surface area contributed by atoms with E-state index in [1.165, 1.54) is 16.9 Å². The molecule has 1 aliphatic rings. The molecular formula is C21H20N4OS2. The maximum atomic E-state index is 10.9. The Balaban J connectivity index is 1.58. The van der Waals surface area contributed by atoms with Gasteiger partial charge in [-0.1, -0.05) is 0 Å². The van der Waals surface area contributed by atoms with Crippen LogP contribution in [-0.4, -0.2) is 26.6 Å². The van der Waals surface area contributed by atoms with Crippen LogP contribution in [0.15, 0.2) is 41.4 Å². The zero-order valence-corrected chi connectivity index (χ0v) is 17.1. The van der Waals surface area contributed by atoms with Gasteiger partial charge in [-0.15, -0.1) is 11.3 Å². The van der Waals surface area contributed by atoms with Gasteiger partial charge in [-0.05, 0) is 66.3 Å². The Hall–Kier alpha value is -2.35. The lowest BCUT2D eigenvalue weighted by Crippen LogP contribution is -2.30. The molecular weight excluding hydrogens is 388 g/mol. The Bertz CT molecular complexity index is 1120. The molecule has 1 unspecified atom stereocenters. The number of thiophene rings is 2. The number of anilines is 1. The monoisotopic (exact) mass is 408 g/mol. The number of nitrogens with one attached hydrogen (secondary N) is 1. The van der Waals surface area contributed by atoms with Gasteiger partial charge in [-0.25, -0.2) is 9.97 Å². The van der Waals surface area contributed by atoms with Gasteiger partial charge in [0, 0.05) is 29.4 Å². The van der Waals surface area contributed by atoms with Gasteiger partial charge in [-0.3, -0.25) is 4.98 Å². The lowest BCUT2D eigenvalue weighted by atomic mass is 9.99. The molecule has 0 spiro atoms. The first kappa shape index (κ1) is 17.7. The molecule has 2 N–H and O–H groups in total. The summed E-state index contributed by atoms with van der Waals surface area (Å²) in [5, 5.41) is 19.5. The number of rotatable bonds is 5. The molecule has 0 amide bonds. The van der Waals surface area contributed by atoms with E-state index in [0.29, 0.717) is 12.4 Å². The minimum absolute atomic E-state index is 0.382. The summed E-state index contributed by atoms with van der Waals surface area (Å²) in [6.45, 7) is 2.22. The number of hydrogen-bond donors (Lipinski definition) is 2. The molecule has 0 saturated heterocycles. The normalized spacial score (nSPS) is 15.5. The number of nitrogens with zero attached hydrogens (tertiary/aromatic N) is 3. The molecule has 28 heavy (non-hydrogen) atoms. The molecule has 4 heterocycles. The third kappa shape index (κ3) is 3.09. The fourth-order valence-electron chi connectivity index (χ4n) is 3.68. The molecule has 0 saturated carbocycles. The third-order valence-corrected chi connectivity index (χ3v) is 7.10. The van der Waals surface area contributed by atoms with Crippen molar-refractivity contribution in [3.05, 3.63) is 57.4 Å². The minimum Gasteiger partial charge on any atom is -0.384 e. The zero-order valence-electron chi connectivity index (χ0n) is 15.5. The third-order valence-electron chi connectivity index (χ3n) is 5.23. The number of fused-ring (bicyclic) bond motifs is 3. The highest BCUT2D eigenvalue weighted by Crippen LogP contribution is 2.40. The van der Waals surface area contributed by atoms with E-state index in [0.717, 1.165) is 40.0 Å². The van der Waals surface area contributed by atoms with Crippen LogP contribution in [0.5, 0.6) is 0 Å². The molecule has 0 bridgehead atoms. The first-order valence-electron chi connectivity index (χ1n) is 9.33. The first-order chi connectivity index (χ1) is 13.6. The summed E-state index contributed by atoms with van der Waals surface area (Å²) < 4.78 is 0. The Labute approximate surface area is 171 Å². The second-order valence-corrected chi connectivity index (χ2v) is 9.18. The fraction of sp³-hybridized carbons (Fsp3) is 0.286. The lowest BCUT2D eigenvalue weighted by molar-refractivity contribution is 0.0719. The van der Waals surface area contributed by atoms with E-state index in [2.05, 4.69) is 10.3 Å². The van der Waals surface area contributed by atoms with Crippen LogP contribution in [-0.2, 0) is 18.4 Å². The van der Waals surface area contributed by atoms with E-state index in [1.54, 1.807) is 35.1 Å².